The van der Waals surface area contributed by atoms with Crippen molar-refractivity contribution < 1.29 is 4.74 Å². The molecule has 1 nitrogen and oxygen atoms in total. The molecule has 0 radical (unpaired) electrons. The molecular weight excluding hydrogens is 204 g/mol. The van der Waals surface area contributed by atoms with Gasteiger partial charge < -0.3 is 4.74 Å². The first kappa shape index (κ1) is 8.60. The van der Waals surface area contributed by atoms with Crippen molar-refractivity contribution in [1.82, 2.24) is 0 Å². The van der Waals surface area contributed by atoms with Gasteiger partial charge in [-0.3, -0.25) is 0 Å². The Hall–Kier alpha value is -0.500. The van der Waals surface area contributed by atoms with Crippen LogP contribution in [0, 0.1) is 13.8 Å². The summed E-state index contributed by atoms with van der Waals surface area (Å²) < 4.78 is 5.38. The van der Waals surface area contributed by atoms with Crippen LogP contribution in [-0.2, 0) is 0 Å². The van der Waals surface area contributed by atoms with Gasteiger partial charge in [0.25, 0.3) is 0 Å². The summed E-state index contributed by atoms with van der Waals surface area (Å²) in [6.07, 6.45) is 0. The minimum atomic E-state index is 0.554. The van der Waals surface area contributed by atoms with Gasteiger partial charge in [0.05, 0.1) is 0 Å². The van der Waals surface area contributed by atoms with Crippen LogP contribution in [-0.4, -0.2) is 5.52 Å². The summed E-state index contributed by atoms with van der Waals surface area (Å²) in [5, 5.41) is 0. The molecule has 0 aromatic heterocycles. The van der Waals surface area contributed by atoms with Crippen LogP contribution < -0.4 is 4.74 Å². The fraction of sp³-hybridized carbons (Fsp3) is 0.333. The highest BCUT2D eigenvalue weighted by molar-refractivity contribution is 9.09. The minimum Gasteiger partial charge on any atom is -0.482 e. The van der Waals surface area contributed by atoms with E-state index in [1.165, 1.54) is 11.1 Å². The molecule has 0 heterocycles. The summed E-state index contributed by atoms with van der Waals surface area (Å²) in [5.41, 5.74) is 2.92. The second-order valence-electron chi connectivity index (χ2n) is 2.47. The van der Waals surface area contributed by atoms with Crippen LogP contribution in [0.3, 0.4) is 0 Å². The Labute approximate surface area is 75.5 Å². The third-order valence-electron chi connectivity index (χ3n) is 1.61. The summed E-state index contributed by atoms with van der Waals surface area (Å²) in [6, 6.07) is 6.13. The van der Waals surface area contributed by atoms with E-state index >= 15 is 0 Å². The summed E-state index contributed by atoms with van der Waals surface area (Å²) in [6.45, 7) is 4.09. The monoisotopic (exact) mass is 214 g/mol. The normalized spacial score (nSPS) is 9.73. The van der Waals surface area contributed by atoms with E-state index < -0.39 is 0 Å². The number of alkyl halides is 1. The first-order valence-corrected chi connectivity index (χ1v) is 4.63. The highest BCUT2D eigenvalue weighted by Crippen LogP contribution is 2.22. The zero-order chi connectivity index (χ0) is 8.27. The molecule has 0 bridgehead atoms. The third-order valence-corrected chi connectivity index (χ3v) is 1.84. The molecule has 0 fully saturated rings. The maximum atomic E-state index is 5.38. The number of ether oxygens (including phenoxy) is 1. The lowest BCUT2D eigenvalue weighted by atomic mass is 10.1. The molecule has 0 atom stereocenters. The highest BCUT2D eigenvalue weighted by Gasteiger charge is 2.00. The van der Waals surface area contributed by atoms with Crippen molar-refractivity contribution in [1.29, 1.82) is 0 Å². The van der Waals surface area contributed by atoms with Gasteiger partial charge in [-0.2, -0.15) is 0 Å². The quantitative estimate of drug-likeness (QED) is 0.689. The van der Waals surface area contributed by atoms with E-state index in [0.717, 1.165) is 5.75 Å². The van der Waals surface area contributed by atoms with Gasteiger partial charge in [0.2, 0.25) is 0 Å². The molecule has 0 unspecified atom stereocenters. The Bertz CT molecular complexity index is 225. The number of hydrogen-bond donors (Lipinski definition) is 0. The zero-order valence-corrected chi connectivity index (χ0v) is 8.31. The summed E-state index contributed by atoms with van der Waals surface area (Å²) >= 11 is 3.23. The lowest BCUT2D eigenvalue weighted by molar-refractivity contribution is 0.392. The third kappa shape index (κ3) is 1.96. The molecule has 0 aliphatic heterocycles. The number of benzene rings is 1. The number of rotatable bonds is 2. The van der Waals surface area contributed by atoms with Crippen LogP contribution in [0.1, 0.15) is 11.1 Å². The molecule has 0 amide bonds. The van der Waals surface area contributed by atoms with Crippen molar-refractivity contribution in [2.45, 2.75) is 13.8 Å². The maximum Gasteiger partial charge on any atom is 0.143 e. The smallest absolute Gasteiger partial charge is 0.143 e. The van der Waals surface area contributed by atoms with E-state index in [9.17, 15) is 0 Å². The maximum absolute atomic E-state index is 5.38. The van der Waals surface area contributed by atoms with Gasteiger partial charge in [-0.25, -0.2) is 0 Å². The lowest BCUT2D eigenvalue weighted by Gasteiger charge is -2.08. The molecule has 0 saturated carbocycles. The fourth-order valence-corrected chi connectivity index (χ4v) is 1.31. The predicted molar refractivity (Wildman–Crippen MR) is 50.3 cm³/mol. The van der Waals surface area contributed by atoms with Gasteiger partial charge in [-0.05, 0) is 40.9 Å². The summed E-state index contributed by atoms with van der Waals surface area (Å²) in [4.78, 5) is 0. The van der Waals surface area contributed by atoms with Gasteiger partial charge >= 0.3 is 0 Å². The van der Waals surface area contributed by atoms with Crippen LogP contribution in [0.25, 0.3) is 0 Å². The summed E-state index contributed by atoms with van der Waals surface area (Å²) in [7, 11) is 0. The molecule has 0 saturated heterocycles. The second kappa shape index (κ2) is 3.77. The minimum absolute atomic E-state index is 0.554. The van der Waals surface area contributed by atoms with E-state index in [1.54, 1.807) is 0 Å². The number of hydrogen-bond acceptors (Lipinski definition) is 1. The molecule has 1 rings (SSSR count). The lowest BCUT2D eigenvalue weighted by Crippen LogP contribution is -1.93. The standard InChI is InChI=1S/C9H11BrO/c1-7-4-3-5-8(2)9(7)11-6-10/h3-5H,6H2,1-2H3. The average Bonchev–Trinajstić information content (AvgIpc) is 1.97. The van der Waals surface area contributed by atoms with Crippen LogP contribution >= 0.6 is 15.9 Å². The molecule has 2 heteroatoms. The van der Waals surface area contributed by atoms with Crippen molar-refractivity contribution >= 4 is 15.9 Å². The molecule has 0 aliphatic rings. The number of aryl methyl sites for hydroxylation is 2. The zero-order valence-electron chi connectivity index (χ0n) is 6.73. The van der Waals surface area contributed by atoms with E-state index in [1.807, 2.05) is 32.0 Å². The summed E-state index contributed by atoms with van der Waals surface area (Å²) in [5.74, 6) is 0.990. The Balaban J connectivity index is 3.00. The Morgan fingerprint density at radius 2 is 1.82 bits per heavy atom. The SMILES string of the molecule is Cc1cccc(C)c1OCBr. The van der Waals surface area contributed by atoms with Crippen LogP contribution in [0.2, 0.25) is 0 Å². The fourth-order valence-electron chi connectivity index (χ4n) is 1.08. The molecule has 0 N–H and O–H groups in total. The molecule has 1 aromatic rings. The largest absolute Gasteiger partial charge is 0.482 e. The van der Waals surface area contributed by atoms with E-state index in [4.69, 9.17) is 4.74 Å². The van der Waals surface area contributed by atoms with Crippen molar-refractivity contribution in [2.75, 3.05) is 5.52 Å². The number of para-hydroxylation sites is 1. The molecule has 0 aliphatic carbocycles. The van der Waals surface area contributed by atoms with Gasteiger partial charge in [0.15, 0.2) is 0 Å². The van der Waals surface area contributed by atoms with E-state index in [-0.39, 0.29) is 0 Å². The van der Waals surface area contributed by atoms with Crippen LogP contribution in [0.4, 0.5) is 0 Å². The van der Waals surface area contributed by atoms with Crippen molar-refractivity contribution in [3.05, 3.63) is 29.3 Å². The molecule has 11 heavy (non-hydrogen) atoms. The van der Waals surface area contributed by atoms with Crippen molar-refractivity contribution in [3.63, 3.8) is 0 Å². The predicted octanol–water partition coefficient (Wildman–Crippen LogP) is 3.03. The molecule has 60 valence electrons. The molecular formula is C9H11BrO. The van der Waals surface area contributed by atoms with Crippen LogP contribution in [0.5, 0.6) is 5.75 Å². The Morgan fingerprint density at radius 3 is 2.27 bits per heavy atom. The molecule has 1 aromatic carbocycles. The average molecular weight is 215 g/mol. The van der Waals surface area contributed by atoms with Crippen LogP contribution in [0.15, 0.2) is 18.2 Å². The molecule has 0 spiro atoms. The van der Waals surface area contributed by atoms with Gasteiger partial charge in [0, 0.05) is 0 Å². The van der Waals surface area contributed by atoms with Gasteiger partial charge in [-0.1, -0.05) is 18.2 Å². The highest BCUT2D eigenvalue weighted by atomic mass is 79.9. The van der Waals surface area contributed by atoms with Gasteiger partial charge in [-0.15, -0.1) is 0 Å². The van der Waals surface area contributed by atoms with Gasteiger partial charge in [0.1, 0.15) is 11.3 Å². The van der Waals surface area contributed by atoms with Crippen molar-refractivity contribution in [3.8, 4) is 5.75 Å². The first-order chi connectivity index (χ1) is 5.25. The Kier molecular flexibility index (Phi) is 2.94. The second-order valence-corrected chi connectivity index (χ2v) is 2.93. The van der Waals surface area contributed by atoms with E-state index in [2.05, 4.69) is 15.9 Å². The first-order valence-electron chi connectivity index (χ1n) is 3.50. The Morgan fingerprint density at radius 1 is 1.27 bits per heavy atom. The van der Waals surface area contributed by atoms with E-state index in [0.29, 0.717) is 5.52 Å². The number of halogens is 1. The topological polar surface area (TPSA) is 9.23 Å². The van der Waals surface area contributed by atoms with Crippen molar-refractivity contribution in [2.24, 2.45) is 0 Å².